The Hall–Kier alpha value is -2.09. The zero-order valence-electron chi connectivity index (χ0n) is 15.6. The van der Waals surface area contributed by atoms with Gasteiger partial charge >= 0.3 is 5.97 Å². The molecule has 8 heteroatoms. The van der Waals surface area contributed by atoms with Gasteiger partial charge in [-0.3, -0.25) is 4.79 Å². The van der Waals surface area contributed by atoms with Crippen molar-refractivity contribution in [1.29, 1.82) is 0 Å². The monoisotopic (exact) mass is 420 g/mol. The molecule has 148 valence electrons. The number of halogens is 1. The highest BCUT2D eigenvalue weighted by atomic mass is 35.5. The molecule has 0 bridgehead atoms. The summed E-state index contributed by atoms with van der Waals surface area (Å²) in [6, 6.07) is 10.6. The Balaban J connectivity index is 1.65. The molecule has 2 heterocycles. The van der Waals surface area contributed by atoms with E-state index in [9.17, 15) is 9.59 Å². The Kier molecular flexibility index (Phi) is 6.93. The standard InChI is InChI=1S/C20H21ClN2O4S/c1-13-10-23(11-14(2)27-13)18(24)12-26-20(25)15-6-5-9-22-19(15)28-17-8-4-3-7-16(17)21/h3-9,13-14H,10-12H2,1-2H3/t13-,14-/m1/s1. The Labute approximate surface area is 173 Å². The first kappa shape index (κ1) is 20.6. The maximum Gasteiger partial charge on any atom is 0.341 e. The van der Waals surface area contributed by atoms with E-state index in [1.54, 1.807) is 29.3 Å². The molecular weight excluding hydrogens is 400 g/mol. The van der Waals surface area contributed by atoms with Crippen LogP contribution in [0.3, 0.4) is 0 Å². The molecule has 1 fully saturated rings. The van der Waals surface area contributed by atoms with Gasteiger partial charge in [-0.2, -0.15) is 0 Å². The molecule has 0 saturated carbocycles. The maximum absolute atomic E-state index is 12.6. The number of carbonyl (C=O) groups excluding carboxylic acids is 2. The van der Waals surface area contributed by atoms with E-state index in [0.29, 0.717) is 28.7 Å². The summed E-state index contributed by atoms with van der Waals surface area (Å²) in [5.74, 6) is -0.829. The number of esters is 1. The van der Waals surface area contributed by atoms with Crippen LogP contribution >= 0.6 is 23.4 Å². The Morgan fingerprint density at radius 2 is 1.93 bits per heavy atom. The number of rotatable bonds is 5. The number of hydrogen-bond donors (Lipinski definition) is 0. The summed E-state index contributed by atoms with van der Waals surface area (Å²) >= 11 is 7.47. The molecule has 1 aromatic carbocycles. The fraction of sp³-hybridized carbons (Fsp3) is 0.350. The largest absolute Gasteiger partial charge is 0.452 e. The van der Waals surface area contributed by atoms with Gasteiger partial charge in [0.25, 0.3) is 5.91 Å². The van der Waals surface area contributed by atoms with E-state index < -0.39 is 5.97 Å². The minimum absolute atomic E-state index is 0.0413. The zero-order valence-corrected chi connectivity index (χ0v) is 17.2. The van der Waals surface area contributed by atoms with E-state index >= 15 is 0 Å². The highest BCUT2D eigenvalue weighted by Gasteiger charge is 2.27. The average Bonchev–Trinajstić information content (AvgIpc) is 2.67. The molecular formula is C20H21ClN2O4S. The van der Waals surface area contributed by atoms with Crippen molar-refractivity contribution < 1.29 is 19.1 Å². The van der Waals surface area contributed by atoms with E-state index in [4.69, 9.17) is 21.1 Å². The van der Waals surface area contributed by atoms with Crippen LogP contribution in [-0.4, -0.2) is 53.7 Å². The molecule has 0 spiro atoms. The Morgan fingerprint density at radius 1 is 1.21 bits per heavy atom. The molecule has 0 radical (unpaired) electrons. The van der Waals surface area contributed by atoms with Crippen molar-refractivity contribution in [3.05, 3.63) is 53.2 Å². The van der Waals surface area contributed by atoms with E-state index in [2.05, 4.69) is 4.98 Å². The summed E-state index contributed by atoms with van der Waals surface area (Å²) in [5, 5.41) is 1.05. The van der Waals surface area contributed by atoms with Gasteiger partial charge in [-0.15, -0.1) is 0 Å². The predicted molar refractivity (Wildman–Crippen MR) is 107 cm³/mol. The molecule has 1 aliphatic rings. The van der Waals surface area contributed by atoms with E-state index in [-0.39, 0.29) is 24.7 Å². The lowest BCUT2D eigenvalue weighted by Crippen LogP contribution is -2.49. The molecule has 3 rings (SSSR count). The van der Waals surface area contributed by atoms with Gasteiger partial charge in [-0.05, 0) is 38.1 Å². The molecule has 0 aliphatic carbocycles. The number of carbonyl (C=O) groups is 2. The van der Waals surface area contributed by atoms with Gasteiger partial charge in [0.1, 0.15) is 5.03 Å². The Morgan fingerprint density at radius 3 is 2.64 bits per heavy atom. The molecule has 1 saturated heterocycles. The van der Waals surface area contributed by atoms with Crippen LogP contribution in [0.1, 0.15) is 24.2 Å². The number of nitrogens with zero attached hydrogens (tertiary/aromatic N) is 2. The van der Waals surface area contributed by atoms with E-state index in [1.165, 1.54) is 11.8 Å². The maximum atomic E-state index is 12.6. The number of ether oxygens (including phenoxy) is 2. The molecule has 0 N–H and O–H groups in total. The van der Waals surface area contributed by atoms with Crippen LogP contribution in [0, 0.1) is 0 Å². The summed E-state index contributed by atoms with van der Waals surface area (Å²) < 4.78 is 10.9. The van der Waals surface area contributed by atoms with Crippen molar-refractivity contribution in [2.45, 2.75) is 36.0 Å². The predicted octanol–water partition coefficient (Wildman–Crippen LogP) is 3.68. The lowest BCUT2D eigenvalue weighted by Gasteiger charge is -2.35. The van der Waals surface area contributed by atoms with Crippen molar-refractivity contribution in [3.63, 3.8) is 0 Å². The fourth-order valence-electron chi connectivity index (χ4n) is 2.94. The lowest BCUT2D eigenvalue weighted by molar-refractivity contribution is -0.146. The first-order valence-corrected chi connectivity index (χ1v) is 10.1. The van der Waals surface area contributed by atoms with Gasteiger partial charge in [0.05, 0.1) is 22.8 Å². The van der Waals surface area contributed by atoms with Crippen LogP contribution in [-0.2, 0) is 14.3 Å². The first-order valence-electron chi connectivity index (χ1n) is 8.91. The first-order chi connectivity index (χ1) is 13.4. The molecule has 28 heavy (non-hydrogen) atoms. The third-order valence-corrected chi connectivity index (χ3v) is 5.67. The van der Waals surface area contributed by atoms with Crippen molar-refractivity contribution in [1.82, 2.24) is 9.88 Å². The zero-order chi connectivity index (χ0) is 20.1. The third kappa shape index (κ3) is 5.25. The molecule has 1 aromatic heterocycles. The highest BCUT2D eigenvalue weighted by molar-refractivity contribution is 7.99. The number of pyridine rings is 1. The van der Waals surface area contributed by atoms with Crippen molar-refractivity contribution in [2.75, 3.05) is 19.7 Å². The van der Waals surface area contributed by atoms with Crippen LogP contribution in [0.25, 0.3) is 0 Å². The van der Waals surface area contributed by atoms with Crippen molar-refractivity contribution >= 4 is 35.2 Å². The van der Waals surface area contributed by atoms with Crippen LogP contribution in [0.4, 0.5) is 0 Å². The average molecular weight is 421 g/mol. The van der Waals surface area contributed by atoms with Crippen molar-refractivity contribution in [2.24, 2.45) is 0 Å². The van der Waals surface area contributed by atoms with Crippen LogP contribution in [0.2, 0.25) is 5.02 Å². The summed E-state index contributed by atoms with van der Waals surface area (Å²) in [4.78, 5) is 31.7. The van der Waals surface area contributed by atoms with Crippen molar-refractivity contribution in [3.8, 4) is 0 Å². The second-order valence-corrected chi connectivity index (χ2v) is 7.96. The SMILES string of the molecule is C[C@@H]1CN(C(=O)COC(=O)c2cccnc2Sc2ccccc2Cl)C[C@@H](C)O1. The van der Waals surface area contributed by atoms with Gasteiger partial charge < -0.3 is 14.4 Å². The van der Waals surface area contributed by atoms with Crippen LogP contribution < -0.4 is 0 Å². The molecule has 0 unspecified atom stereocenters. The van der Waals surface area contributed by atoms with Gasteiger partial charge in [0.2, 0.25) is 0 Å². The van der Waals surface area contributed by atoms with Gasteiger partial charge in [-0.1, -0.05) is 35.5 Å². The second-order valence-electron chi connectivity index (χ2n) is 6.52. The third-order valence-electron chi connectivity index (χ3n) is 4.13. The summed E-state index contributed by atoms with van der Waals surface area (Å²) in [6.45, 7) is 4.48. The number of aromatic nitrogens is 1. The molecule has 2 aromatic rings. The van der Waals surface area contributed by atoms with E-state index in [0.717, 1.165) is 4.90 Å². The van der Waals surface area contributed by atoms with Gasteiger partial charge in [0.15, 0.2) is 6.61 Å². The summed E-state index contributed by atoms with van der Waals surface area (Å²) in [6.07, 6.45) is 1.51. The van der Waals surface area contributed by atoms with Crippen LogP contribution in [0.15, 0.2) is 52.5 Å². The minimum Gasteiger partial charge on any atom is -0.452 e. The molecule has 1 amide bonds. The smallest absolute Gasteiger partial charge is 0.341 e. The van der Waals surface area contributed by atoms with Crippen LogP contribution in [0.5, 0.6) is 0 Å². The summed E-state index contributed by atoms with van der Waals surface area (Å²) in [5.41, 5.74) is 0.295. The molecule has 1 aliphatic heterocycles. The van der Waals surface area contributed by atoms with E-state index in [1.807, 2.05) is 32.0 Å². The molecule has 2 atom stereocenters. The van der Waals surface area contributed by atoms with Gasteiger partial charge in [-0.25, -0.2) is 9.78 Å². The number of benzene rings is 1. The normalized spacial score (nSPS) is 19.3. The lowest BCUT2D eigenvalue weighted by atomic mass is 10.2. The quantitative estimate of drug-likeness (QED) is 0.687. The highest BCUT2D eigenvalue weighted by Crippen LogP contribution is 2.33. The second kappa shape index (κ2) is 9.41. The Bertz CT molecular complexity index is 854. The number of hydrogen-bond acceptors (Lipinski definition) is 6. The number of amides is 1. The molecule has 6 nitrogen and oxygen atoms in total. The fourth-order valence-corrected chi connectivity index (χ4v) is 4.08. The summed E-state index contributed by atoms with van der Waals surface area (Å²) in [7, 11) is 0. The topological polar surface area (TPSA) is 68.7 Å². The number of morpholine rings is 1. The van der Waals surface area contributed by atoms with Gasteiger partial charge in [0, 0.05) is 24.2 Å². The minimum atomic E-state index is -0.592.